The van der Waals surface area contributed by atoms with Gasteiger partial charge in [0.2, 0.25) is 5.91 Å². The Bertz CT molecular complexity index is 710. The van der Waals surface area contributed by atoms with E-state index in [1.807, 2.05) is 24.3 Å². The van der Waals surface area contributed by atoms with Crippen molar-refractivity contribution in [1.29, 1.82) is 0 Å². The largest absolute Gasteiger partial charge is 0.393 e. The number of carbonyl (C=O) groups excluding carboxylic acids is 1. The van der Waals surface area contributed by atoms with Crippen molar-refractivity contribution in [3.05, 3.63) is 59.9 Å². The van der Waals surface area contributed by atoms with Crippen LogP contribution in [0.1, 0.15) is 24.8 Å². The number of halogens is 1. The summed E-state index contributed by atoms with van der Waals surface area (Å²) in [6.07, 6.45) is 2.18. The normalized spacial score (nSPS) is 15.2. The Morgan fingerprint density at radius 1 is 1.12 bits per heavy atom. The van der Waals surface area contributed by atoms with Crippen LogP contribution in [0.4, 0.5) is 15.8 Å². The summed E-state index contributed by atoms with van der Waals surface area (Å²) < 4.78 is 12.9. The van der Waals surface area contributed by atoms with Gasteiger partial charge in [0.25, 0.3) is 0 Å². The zero-order valence-corrected chi connectivity index (χ0v) is 14.1. The maximum absolute atomic E-state index is 12.9. The van der Waals surface area contributed by atoms with Gasteiger partial charge in [-0.2, -0.15) is 0 Å². The number of benzene rings is 2. The fraction of sp³-hybridized carbons (Fsp3) is 0.350. The Labute approximate surface area is 147 Å². The molecule has 2 aromatic rings. The molecule has 0 unspecified atom stereocenters. The summed E-state index contributed by atoms with van der Waals surface area (Å²) in [5, 5.41) is 12.6. The first-order valence-electron chi connectivity index (χ1n) is 8.68. The second-order valence-electron chi connectivity index (χ2n) is 6.41. The lowest BCUT2D eigenvalue weighted by molar-refractivity contribution is -0.116. The number of anilines is 2. The molecule has 2 N–H and O–H groups in total. The third-order valence-electron chi connectivity index (χ3n) is 4.54. The third kappa shape index (κ3) is 4.79. The van der Waals surface area contributed by atoms with E-state index in [1.165, 1.54) is 12.1 Å². The van der Waals surface area contributed by atoms with Gasteiger partial charge in [-0.3, -0.25) is 4.79 Å². The van der Waals surface area contributed by atoms with Crippen molar-refractivity contribution in [2.45, 2.75) is 31.8 Å². The lowest BCUT2D eigenvalue weighted by Gasteiger charge is -2.32. The molecule has 0 spiro atoms. The molecule has 4 nitrogen and oxygen atoms in total. The van der Waals surface area contributed by atoms with E-state index in [-0.39, 0.29) is 17.8 Å². The predicted molar refractivity (Wildman–Crippen MR) is 97.2 cm³/mol. The van der Waals surface area contributed by atoms with Crippen LogP contribution in [0.25, 0.3) is 0 Å². The standard InChI is InChI=1S/C20H23FN2O2/c21-16-8-5-15(6-9-16)7-10-20(25)22-18-3-1-2-4-19(18)23-13-11-17(24)12-14-23/h1-6,8-9,17,24H,7,10-14H2,(H,22,25). The van der Waals surface area contributed by atoms with Crippen molar-refractivity contribution in [3.63, 3.8) is 0 Å². The van der Waals surface area contributed by atoms with Gasteiger partial charge in [0, 0.05) is 19.5 Å². The molecule has 1 fully saturated rings. The number of aryl methyl sites for hydroxylation is 1. The molecular weight excluding hydrogens is 319 g/mol. The highest BCUT2D eigenvalue weighted by atomic mass is 19.1. The molecule has 25 heavy (non-hydrogen) atoms. The van der Waals surface area contributed by atoms with Gasteiger partial charge in [-0.05, 0) is 49.1 Å². The predicted octanol–water partition coefficient (Wildman–Crippen LogP) is 3.36. The van der Waals surface area contributed by atoms with Crippen LogP contribution >= 0.6 is 0 Å². The van der Waals surface area contributed by atoms with Crippen LogP contribution in [0.2, 0.25) is 0 Å². The highest BCUT2D eigenvalue weighted by Crippen LogP contribution is 2.28. The smallest absolute Gasteiger partial charge is 0.224 e. The van der Waals surface area contributed by atoms with Gasteiger partial charge in [-0.1, -0.05) is 24.3 Å². The highest BCUT2D eigenvalue weighted by Gasteiger charge is 2.19. The van der Waals surface area contributed by atoms with E-state index >= 15 is 0 Å². The van der Waals surface area contributed by atoms with E-state index < -0.39 is 0 Å². The molecule has 132 valence electrons. The fourth-order valence-electron chi connectivity index (χ4n) is 3.08. The molecule has 0 bridgehead atoms. The number of hydrogen-bond acceptors (Lipinski definition) is 3. The summed E-state index contributed by atoms with van der Waals surface area (Å²) in [6.45, 7) is 1.56. The zero-order chi connectivity index (χ0) is 17.6. The zero-order valence-electron chi connectivity index (χ0n) is 14.1. The average molecular weight is 342 g/mol. The third-order valence-corrected chi connectivity index (χ3v) is 4.54. The molecule has 0 aromatic heterocycles. The van der Waals surface area contributed by atoms with E-state index in [0.717, 1.165) is 42.9 Å². The molecule has 2 aromatic carbocycles. The van der Waals surface area contributed by atoms with Crippen molar-refractivity contribution in [2.75, 3.05) is 23.3 Å². The number of para-hydroxylation sites is 2. The topological polar surface area (TPSA) is 52.6 Å². The lowest BCUT2D eigenvalue weighted by atomic mass is 10.1. The molecule has 1 heterocycles. The van der Waals surface area contributed by atoms with Crippen LogP contribution in [0.5, 0.6) is 0 Å². The Kier molecular flexibility index (Phi) is 5.66. The van der Waals surface area contributed by atoms with E-state index in [0.29, 0.717) is 12.8 Å². The van der Waals surface area contributed by atoms with Crippen LogP contribution in [0.15, 0.2) is 48.5 Å². The summed E-state index contributed by atoms with van der Waals surface area (Å²) >= 11 is 0. The van der Waals surface area contributed by atoms with E-state index in [2.05, 4.69) is 10.2 Å². The molecule has 1 aliphatic heterocycles. The fourth-order valence-corrected chi connectivity index (χ4v) is 3.08. The molecule has 1 aliphatic rings. The number of nitrogens with one attached hydrogen (secondary N) is 1. The minimum absolute atomic E-state index is 0.0613. The molecule has 0 radical (unpaired) electrons. The second-order valence-corrected chi connectivity index (χ2v) is 6.41. The maximum atomic E-state index is 12.9. The molecule has 3 rings (SSSR count). The van der Waals surface area contributed by atoms with Gasteiger partial charge in [-0.25, -0.2) is 4.39 Å². The molecular formula is C20H23FN2O2. The number of aliphatic hydroxyl groups excluding tert-OH is 1. The summed E-state index contributed by atoms with van der Waals surface area (Å²) in [6, 6.07) is 14.0. The minimum Gasteiger partial charge on any atom is -0.393 e. The van der Waals surface area contributed by atoms with Crippen molar-refractivity contribution in [1.82, 2.24) is 0 Å². The summed E-state index contributed by atoms with van der Waals surface area (Å²) in [7, 11) is 0. The van der Waals surface area contributed by atoms with Gasteiger partial charge in [0.15, 0.2) is 0 Å². The number of aliphatic hydroxyl groups is 1. The first-order chi connectivity index (χ1) is 12.1. The molecule has 5 heteroatoms. The average Bonchev–Trinajstić information content (AvgIpc) is 2.63. The number of nitrogens with zero attached hydrogens (tertiary/aromatic N) is 1. The summed E-state index contributed by atoms with van der Waals surface area (Å²) in [4.78, 5) is 14.5. The second kappa shape index (κ2) is 8.12. The Morgan fingerprint density at radius 2 is 1.80 bits per heavy atom. The Balaban J connectivity index is 1.60. The number of rotatable bonds is 5. The monoisotopic (exact) mass is 342 g/mol. The minimum atomic E-state index is -0.270. The van der Waals surface area contributed by atoms with Crippen molar-refractivity contribution < 1.29 is 14.3 Å². The number of amides is 1. The summed E-state index contributed by atoms with van der Waals surface area (Å²) in [5.74, 6) is -0.331. The first kappa shape index (κ1) is 17.4. The van der Waals surface area contributed by atoms with Crippen molar-refractivity contribution >= 4 is 17.3 Å². The molecule has 0 aliphatic carbocycles. The van der Waals surface area contributed by atoms with Crippen LogP contribution in [-0.4, -0.2) is 30.2 Å². The van der Waals surface area contributed by atoms with Crippen LogP contribution < -0.4 is 10.2 Å². The number of carbonyl (C=O) groups is 1. The Morgan fingerprint density at radius 3 is 2.52 bits per heavy atom. The van der Waals surface area contributed by atoms with Crippen LogP contribution in [0, 0.1) is 5.82 Å². The summed E-state index contributed by atoms with van der Waals surface area (Å²) in [5.41, 5.74) is 2.72. The van der Waals surface area contributed by atoms with Gasteiger partial charge in [0.05, 0.1) is 17.5 Å². The quantitative estimate of drug-likeness (QED) is 0.876. The van der Waals surface area contributed by atoms with Gasteiger partial charge >= 0.3 is 0 Å². The SMILES string of the molecule is O=C(CCc1ccc(F)cc1)Nc1ccccc1N1CCC(O)CC1. The van der Waals surface area contributed by atoms with Crippen LogP contribution in [-0.2, 0) is 11.2 Å². The molecule has 0 saturated carbocycles. The molecule has 1 saturated heterocycles. The maximum Gasteiger partial charge on any atom is 0.224 e. The van der Waals surface area contributed by atoms with Gasteiger partial charge < -0.3 is 15.3 Å². The van der Waals surface area contributed by atoms with E-state index in [4.69, 9.17) is 0 Å². The Hall–Kier alpha value is -2.40. The van der Waals surface area contributed by atoms with E-state index in [1.54, 1.807) is 12.1 Å². The van der Waals surface area contributed by atoms with Gasteiger partial charge in [0.1, 0.15) is 5.82 Å². The number of hydrogen-bond donors (Lipinski definition) is 2. The first-order valence-corrected chi connectivity index (χ1v) is 8.68. The van der Waals surface area contributed by atoms with Gasteiger partial charge in [-0.15, -0.1) is 0 Å². The molecule has 1 amide bonds. The van der Waals surface area contributed by atoms with E-state index in [9.17, 15) is 14.3 Å². The van der Waals surface area contributed by atoms with Crippen LogP contribution in [0.3, 0.4) is 0 Å². The molecule has 0 atom stereocenters. The highest BCUT2D eigenvalue weighted by molar-refractivity contribution is 5.94. The number of piperidine rings is 1. The van der Waals surface area contributed by atoms with Crippen molar-refractivity contribution in [2.24, 2.45) is 0 Å². The van der Waals surface area contributed by atoms with Crippen molar-refractivity contribution in [3.8, 4) is 0 Å². The lowest BCUT2D eigenvalue weighted by Crippen LogP contribution is -2.36.